The molecule has 3 aromatic rings. The zero-order chi connectivity index (χ0) is 22.7. The standard InChI is InChI=1S/C24H21FN2O3S2/c1-3-30-24(29)18-11-12-19(15(2)22(18)32-20-6-4-5-13-26-20)27-21(28)14-31-23(27)16-7-9-17(25)10-8-16/h4-13,23H,3,14H2,1-2H3. The average molecular weight is 469 g/mol. The van der Waals surface area contributed by atoms with Crippen LogP contribution in [0.2, 0.25) is 0 Å². The molecule has 1 aromatic heterocycles. The van der Waals surface area contributed by atoms with Crippen LogP contribution in [-0.4, -0.2) is 29.2 Å². The topological polar surface area (TPSA) is 59.5 Å². The second-order valence-corrected chi connectivity index (χ2v) is 9.15. The Morgan fingerprint density at radius 3 is 2.69 bits per heavy atom. The largest absolute Gasteiger partial charge is 0.462 e. The fraction of sp³-hybridized carbons (Fsp3) is 0.208. The summed E-state index contributed by atoms with van der Waals surface area (Å²) < 4.78 is 18.7. The number of rotatable bonds is 6. The van der Waals surface area contributed by atoms with Gasteiger partial charge in [-0.2, -0.15) is 0 Å². The van der Waals surface area contributed by atoms with Crippen molar-refractivity contribution in [3.05, 3.63) is 83.3 Å². The first-order valence-electron chi connectivity index (χ1n) is 10.1. The van der Waals surface area contributed by atoms with Crippen LogP contribution in [0.25, 0.3) is 0 Å². The first-order chi connectivity index (χ1) is 15.5. The van der Waals surface area contributed by atoms with Gasteiger partial charge in [0.1, 0.15) is 16.2 Å². The third-order valence-corrected chi connectivity index (χ3v) is 7.39. The molecule has 32 heavy (non-hydrogen) atoms. The maximum atomic E-state index is 13.4. The Labute approximate surface area is 194 Å². The molecule has 0 aliphatic carbocycles. The van der Waals surface area contributed by atoms with E-state index in [1.807, 2.05) is 25.1 Å². The van der Waals surface area contributed by atoms with Crippen molar-refractivity contribution in [2.75, 3.05) is 17.3 Å². The number of amides is 1. The fourth-order valence-electron chi connectivity index (χ4n) is 3.51. The minimum atomic E-state index is -0.419. The molecule has 1 unspecified atom stereocenters. The van der Waals surface area contributed by atoms with Gasteiger partial charge in [-0.15, -0.1) is 11.8 Å². The van der Waals surface area contributed by atoms with Crippen LogP contribution in [0.4, 0.5) is 10.1 Å². The number of esters is 1. The summed E-state index contributed by atoms with van der Waals surface area (Å²) in [6.45, 7) is 3.92. The van der Waals surface area contributed by atoms with Gasteiger partial charge in [0, 0.05) is 16.8 Å². The molecule has 0 N–H and O–H groups in total. The minimum Gasteiger partial charge on any atom is -0.462 e. The number of halogens is 1. The van der Waals surface area contributed by atoms with Crippen molar-refractivity contribution in [1.29, 1.82) is 0 Å². The van der Waals surface area contributed by atoms with Gasteiger partial charge in [0.15, 0.2) is 0 Å². The first kappa shape index (κ1) is 22.4. The molecule has 1 fully saturated rings. The lowest BCUT2D eigenvalue weighted by molar-refractivity contribution is -0.115. The number of carbonyl (C=O) groups is 2. The summed E-state index contributed by atoms with van der Waals surface area (Å²) >= 11 is 2.85. The van der Waals surface area contributed by atoms with Gasteiger partial charge in [-0.3, -0.25) is 9.69 Å². The molecule has 8 heteroatoms. The second kappa shape index (κ2) is 9.75. The van der Waals surface area contributed by atoms with Crippen LogP contribution in [0, 0.1) is 12.7 Å². The molecule has 1 atom stereocenters. The molecule has 2 heterocycles. The van der Waals surface area contributed by atoms with Crippen molar-refractivity contribution in [3.63, 3.8) is 0 Å². The molecule has 4 rings (SSSR count). The van der Waals surface area contributed by atoms with E-state index in [1.54, 1.807) is 42.3 Å². The van der Waals surface area contributed by atoms with Crippen molar-refractivity contribution < 1.29 is 18.7 Å². The maximum Gasteiger partial charge on any atom is 0.339 e. The lowest BCUT2D eigenvalue weighted by Crippen LogP contribution is -2.29. The number of benzene rings is 2. The molecule has 1 aliphatic rings. The lowest BCUT2D eigenvalue weighted by atomic mass is 10.1. The number of hydrogen-bond donors (Lipinski definition) is 0. The summed E-state index contributed by atoms with van der Waals surface area (Å²) in [6, 6.07) is 15.2. The van der Waals surface area contributed by atoms with Crippen LogP contribution in [-0.2, 0) is 9.53 Å². The summed E-state index contributed by atoms with van der Waals surface area (Å²) in [5.74, 6) is -0.453. The molecule has 1 amide bonds. The molecule has 2 aromatic carbocycles. The second-order valence-electron chi connectivity index (χ2n) is 7.06. The van der Waals surface area contributed by atoms with E-state index in [0.717, 1.165) is 16.2 Å². The Balaban J connectivity index is 1.79. The number of ether oxygens (including phenoxy) is 1. The molecule has 0 radical (unpaired) electrons. The van der Waals surface area contributed by atoms with Gasteiger partial charge in [-0.25, -0.2) is 14.2 Å². The molecule has 1 saturated heterocycles. The Hall–Kier alpha value is -2.84. The minimum absolute atomic E-state index is 0.0369. The first-order valence-corrected chi connectivity index (χ1v) is 11.9. The number of pyridine rings is 1. The van der Waals surface area contributed by atoms with Gasteiger partial charge in [0.05, 0.1) is 17.9 Å². The predicted molar refractivity (Wildman–Crippen MR) is 125 cm³/mol. The average Bonchev–Trinajstić information content (AvgIpc) is 3.17. The van der Waals surface area contributed by atoms with E-state index in [4.69, 9.17) is 4.74 Å². The van der Waals surface area contributed by atoms with Gasteiger partial charge in [0.2, 0.25) is 5.91 Å². The Bertz CT molecular complexity index is 1140. The number of thioether (sulfide) groups is 1. The van der Waals surface area contributed by atoms with Gasteiger partial charge in [0.25, 0.3) is 0 Å². The van der Waals surface area contributed by atoms with Crippen LogP contribution >= 0.6 is 23.5 Å². The molecule has 164 valence electrons. The van der Waals surface area contributed by atoms with Crippen LogP contribution < -0.4 is 4.90 Å². The van der Waals surface area contributed by atoms with Crippen LogP contribution in [0.1, 0.15) is 33.8 Å². The molecule has 0 bridgehead atoms. The van der Waals surface area contributed by atoms with E-state index < -0.39 is 5.97 Å². The SMILES string of the molecule is CCOC(=O)c1ccc(N2C(=O)CSC2c2ccc(F)cc2)c(C)c1Sc1ccccn1. The molecular formula is C24H21FN2O3S2. The highest BCUT2D eigenvalue weighted by atomic mass is 32.2. The Morgan fingerprint density at radius 1 is 1.22 bits per heavy atom. The molecular weight excluding hydrogens is 447 g/mol. The quantitative estimate of drug-likeness (QED) is 0.437. The monoisotopic (exact) mass is 468 g/mol. The van der Waals surface area contributed by atoms with Crippen LogP contribution in [0.15, 0.2) is 70.7 Å². The third-order valence-electron chi connectivity index (χ3n) is 5.00. The maximum absolute atomic E-state index is 13.4. The van der Waals surface area contributed by atoms with Crippen molar-refractivity contribution in [3.8, 4) is 0 Å². The third kappa shape index (κ3) is 4.52. The molecule has 0 spiro atoms. The van der Waals surface area contributed by atoms with Crippen molar-refractivity contribution in [1.82, 2.24) is 4.98 Å². The van der Waals surface area contributed by atoms with Gasteiger partial charge < -0.3 is 4.74 Å². The predicted octanol–water partition coefficient (Wildman–Crippen LogP) is 5.64. The van der Waals surface area contributed by atoms with E-state index in [2.05, 4.69) is 4.98 Å². The molecule has 5 nitrogen and oxygen atoms in total. The number of carbonyl (C=O) groups excluding carboxylic acids is 2. The zero-order valence-corrected chi connectivity index (χ0v) is 19.2. The fourth-order valence-corrected chi connectivity index (χ4v) is 5.67. The summed E-state index contributed by atoms with van der Waals surface area (Å²) in [5.41, 5.74) is 2.77. The van der Waals surface area contributed by atoms with E-state index in [9.17, 15) is 14.0 Å². The van der Waals surface area contributed by atoms with Crippen LogP contribution in [0.3, 0.4) is 0 Å². The van der Waals surface area contributed by atoms with Crippen LogP contribution in [0.5, 0.6) is 0 Å². The van der Waals surface area contributed by atoms with E-state index >= 15 is 0 Å². The normalized spacial score (nSPS) is 15.8. The van der Waals surface area contributed by atoms with Crippen molar-refractivity contribution in [2.45, 2.75) is 29.1 Å². The van der Waals surface area contributed by atoms with Gasteiger partial charge in [-0.1, -0.05) is 30.0 Å². The van der Waals surface area contributed by atoms with Crippen molar-refractivity contribution >= 4 is 41.1 Å². The summed E-state index contributed by atoms with van der Waals surface area (Å²) in [4.78, 5) is 32.3. The van der Waals surface area contributed by atoms with E-state index in [0.29, 0.717) is 21.9 Å². The Kier molecular flexibility index (Phi) is 6.81. The van der Waals surface area contributed by atoms with E-state index in [-0.39, 0.29) is 23.7 Å². The van der Waals surface area contributed by atoms with Gasteiger partial charge in [-0.05, 0) is 61.4 Å². The Morgan fingerprint density at radius 2 is 2.00 bits per heavy atom. The number of aromatic nitrogens is 1. The molecule has 1 aliphatic heterocycles. The lowest BCUT2D eigenvalue weighted by Gasteiger charge is -2.27. The summed E-state index contributed by atoms with van der Waals surface area (Å²) in [6.07, 6.45) is 1.69. The number of nitrogens with zero attached hydrogens (tertiary/aromatic N) is 2. The van der Waals surface area contributed by atoms with E-state index in [1.165, 1.54) is 35.7 Å². The summed E-state index contributed by atoms with van der Waals surface area (Å²) in [5, 5.41) is 0.457. The summed E-state index contributed by atoms with van der Waals surface area (Å²) in [7, 11) is 0. The highest BCUT2D eigenvalue weighted by Gasteiger charge is 2.36. The smallest absolute Gasteiger partial charge is 0.339 e. The molecule has 0 saturated carbocycles. The number of hydrogen-bond acceptors (Lipinski definition) is 6. The number of anilines is 1. The van der Waals surface area contributed by atoms with Crippen molar-refractivity contribution in [2.24, 2.45) is 0 Å². The van der Waals surface area contributed by atoms with Gasteiger partial charge >= 0.3 is 5.97 Å². The zero-order valence-electron chi connectivity index (χ0n) is 17.6. The highest BCUT2D eigenvalue weighted by Crippen LogP contribution is 2.45. The highest BCUT2D eigenvalue weighted by molar-refractivity contribution is 8.00.